The van der Waals surface area contributed by atoms with Gasteiger partial charge in [0.15, 0.2) is 0 Å². The molecule has 1 aliphatic heterocycles. The van der Waals surface area contributed by atoms with Crippen molar-refractivity contribution in [1.29, 1.82) is 0 Å². The molecule has 1 aliphatic rings. The Labute approximate surface area is 107 Å². The largest absolute Gasteiger partial charge is 0.392 e. The Hall–Kier alpha value is -1.43. The predicted octanol–water partition coefficient (Wildman–Crippen LogP) is 0.0226. The van der Waals surface area contributed by atoms with Crippen molar-refractivity contribution in [2.24, 2.45) is 0 Å². The lowest BCUT2D eigenvalue weighted by Gasteiger charge is -2.26. The summed E-state index contributed by atoms with van der Waals surface area (Å²) in [6.07, 6.45) is 0. The number of amides is 1. The van der Waals surface area contributed by atoms with Crippen LogP contribution in [0.5, 0.6) is 0 Å². The fourth-order valence-corrected chi connectivity index (χ4v) is 2.02. The van der Waals surface area contributed by atoms with E-state index in [4.69, 9.17) is 5.11 Å². The van der Waals surface area contributed by atoms with Gasteiger partial charge in [-0.3, -0.25) is 9.69 Å². The maximum atomic E-state index is 11.8. The molecule has 1 amide bonds. The van der Waals surface area contributed by atoms with E-state index in [9.17, 15) is 4.79 Å². The summed E-state index contributed by atoms with van der Waals surface area (Å²) < 4.78 is 0. The number of nitrogens with zero attached hydrogens (tertiary/aromatic N) is 1. The second-order valence-electron chi connectivity index (χ2n) is 4.43. The van der Waals surface area contributed by atoms with Crippen molar-refractivity contribution in [2.75, 3.05) is 38.0 Å². The van der Waals surface area contributed by atoms with Gasteiger partial charge in [-0.2, -0.15) is 0 Å². The van der Waals surface area contributed by atoms with Crippen LogP contribution in [-0.4, -0.2) is 48.6 Å². The van der Waals surface area contributed by atoms with E-state index in [0.29, 0.717) is 6.54 Å². The number of piperazine rings is 1. The van der Waals surface area contributed by atoms with Crippen molar-refractivity contribution in [3.63, 3.8) is 0 Å². The van der Waals surface area contributed by atoms with Crippen LogP contribution in [0.4, 0.5) is 5.69 Å². The van der Waals surface area contributed by atoms with Crippen molar-refractivity contribution < 1.29 is 9.90 Å². The van der Waals surface area contributed by atoms with Crippen LogP contribution >= 0.6 is 0 Å². The Bertz CT molecular complexity index is 403. The normalized spacial score (nSPS) is 16.5. The van der Waals surface area contributed by atoms with Crippen LogP contribution in [0.1, 0.15) is 5.56 Å². The molecule has 5 heteroatoms. The zero-order valence-electron chi connectivity index (χ0n) is 10.4. The highest BCUT2D eigenvalue weighted by molar-refractivity contribution is 5.92. The molecule has 98 valence electrons. The number of benzene rings is 1. The van der Waals surface area contributed by atoms with Crippen molar-refractivity contribution in [2.45, 2.75) is 6.61 Å². The first-order valence-electron chi connectivity index (χ1n) is 6.20. The molecule has 1 aromatic rings. The quantitative estimate of drug-likeness (QED) is 0.704. The fourth-order valence-electron chi connectivity index (χ4n) is 2.02. The van der Waals surface area contributed by atoms with E-state index >= 15 is 0 Å². The molecular weight excluding hydrogens is 230 g/mol. The highest BCUT2D eigenvalue weighted by atomic mass is 16.3. The van der Waals surface area contributed by atoms with E-state index in [1.54, 1.807) is 6.07 Å². The molecule has 0 radical (unpaired) electrons. The van der Waals surface area contributed by atoms with E-state index in [1.165, 1.54) is 0 Å². The van der Waals surface area contributed by atoms with Gasteiger partial charge in [0.1, 0.15) is 0 Å². The van der Waals surface area contributed by atoms with Crippen molar-refractivity contribution in [1.82, 2.24) is 10.2 Å². The average Bonchev–Trinajstić information content (AvgIpc) is 2.40. The third-order valence-corrected chi connectivity index (χ3v) is 2.97. The molecule has 0 unspecified atom stereocenters. The zero-order valence-corrected chi connectivity index (χ0v) is 10.4. The Kier molecular flexibility index (Phi) is 4.69. The van der Waals surface area contributed by atoms with Crippen LogP contribution in [0.25, 0.3) is 0 Å². The minimum absolute atomic E-state index is 0.00742. The summed E-state index contributed by atoms with van der Waals surface area (Å²) in [6.45, 7) is 4.10. The molecule has 3 N–H and O–H groups in total. The number of hydrogen-bond acceptors (Lipinski definition) is 4. The van der Waals surface area contributed by atoms with Gasteiger partial charge in [0.05, 0.1) is 13.2 Å². The van der Waals surface area contributed by atoms with Crippen molar-refractivity contribution >= 4 is 11.6 Å². The molecule has 1 aromatic carbocycles. The fraction of sp³-hybridized carbons (Fsp3) is 0.462. The molecule has 5 nitrogen and oxygen atoms in total. The van der Waals surface area contributed by atoms with E-state index < -0.39 is 0 Å². The van der Waals surface area contributed by atoms with Gasteiger partial charge >= 0.3 is 0 Å². The van der Waals surface area contributed by atoms with Gasteiger partial charge in [-0.15, -0.1) is 0 Å². The summed E-state index contributed by atoms with van der Waals surface area (Å²) in [4.78, 5) is 14.0. The van der Waals surface area contributed by atoms with Gasteiger partial charge in [-0.05, 0) is 17.7 Å². The second kappa shape index (κ2) is 6.49. The number of aliphatic hydroxyl groups excluding tert-OH is 1. The lowest BCUT2D eigenvalue weighted by Crippen LogP contribution is -2.46. The molecule has 1 saturated heterocycles. The predicted molar refractivity (Wildman–Crippen MR) is 70.3 cm³/mol. The van der Waals surface area contributed by atoms with Gasteiger partial charge in [0.2, 0.25) is 5.91 Å². The topological polar surface area (TPSA) is 64.6 Å². The molecule has 18 heavy (non-hydrogen) atoms. The van der Waals surface area contributed by atoms with Crippen LogP contribution in [0.15, 0.2) is 24.3 Å². The first-order valence-corrected chi connectivity index (χ1v) is 6.20. The lowest BCUT2D eigenvalue weighted by molar-refractivity contribution is -0.117. The molecule has 0 aromatic heterocycles. The number of rotatable bonds is 4. The van der Waals surface area contributed by atoms with E-state index in [-0.39, 0.29) is 12.5 Å². The van der Waals surface area contributed by atoms with Gasteiger partial charge in [0, 0.05) is 31.9 Å². The van der Waals surface area contributed by atoms with Gasteiger partial charge in [-0.1, -0.05) is 12.1 Å². The summed E-state index contributed by atoms with van der Waals surface area (Å²) in [5, 5.41) is 15.1. The Morgan fingerprint density at radius 3 is 2.89 bits per heavy atom. The highest BCUT2D eigenvalue weighted by Gasteiger charge is 2.13. The van der Waals surface area contributed by atoms with Crippen LogP contribution in [0.3, 0.4) is 0 Å². The number of aliphatic hydroxyl groups is 1. The molecule has 0 aliphatic carbocycles. The smallest absolute Gasteiger partial charge is 0.238 e. The highest BCUT2D eigenvalue weighted by Crippen LogP contribution is 2.10. The number of carbonyl (C=O) groups excluding carboxylic acids is 1. The molecule has 0 atom stereocenters. The number of carbonyl (C=O) groups is 1. The lowest BCUT2D eigenvalue weighted by atomic mass is 10.2. The zero-order chi connectivity index (χ0) is 12.8. The van der Waals surface area contributed by atoms with Crippen LogP contribution in [0.2, 0.25) is 0 Å². The molecule has 0 saturated carbocycles. The first-order chi connectivity index (χ1) is 8.78. The molecular formula is C13H19N3O2. The molecule has 2 rings (SSSR count). The molecule has 1 heterocycles. The third kappa shape index (κ3) is 3.80. The van der Waals surface area contributed by atoms with E-state index in [0.717, 1.165) is 37.4 Å². The summed E-state index contributed by atoms with van der Waals surface area (Å²) in [7, 11) is 0. The summed E-state index contributed by atoms with van der Waals surface area (Å²) in [5.74, 6) is -0.00742. The maximum absolute atomic E-state index is 11.8. The Morgan fingerprint density at radius 2 is 2.17 bits per heavy atom. The van der Waals surface area contributed by atoms with Gasteiger partial charge in [0.25, 0.3) is 0 Å². The Morgan fingerprint density at radius 1 is 1.39 bits per heavy atom. The van der Waals surface area contributed by atoms with Gasteiger partial charge < -0.3 is 15.7 Å². The molecule has 0 spiro atoms. The van der Waals surface area contributed by atoms with Crippen molar-refractivity contribution in [3.05, 3.63) is 29.8 Å². The summed E-state index contributed by atoms with van der Waals surface area (Å²) >= 11 is 0. The van der Waals surface area contributed by atoms with Crippen LogP contribution < -0.4 is 10.6 Å². The summed E-state index contributed by atoms with van der Waals surface area (Å²) in [6, 6.07) is 7.27. The Balaban J connectivity index is 1.85. The number of hydrogen-bond donors (Lipinski definition) is 3. The van der Waals surface area contributed by atoms with Crippen LogP contribution in [0, 0.1) is 0 Å². The first kappa shape index (κ1) is 13.0. The minimum Gasteiger partial charge on any atom is -0.392 e. The monoisotopic (exact) mass is 249 g/mol. The summed E-state index contributed by atoms with van der Waals surface area (Å²) in [5.41, 5.74) is 1.54. The van der Waals surface area contributed by atoms with E-state index in [1.807, 2.05) is 18.2 Å². The average molecular weight is 249 g/mol. The van der Waals surface area contributed by atoms with Gasteiger partial charge in [-0.25, -0.2) is 0 Å². The van der Waals surface area contributed by atoms with E-state index in [2.05, 4.69) is 15.5 Å². The minimum atomic E-state index is -0.0124. The van der Waals surface area contributed by atoms with Crippen molar-refractivity contribution in [3.8, 4) is 0 Å². The molecule has 1 fully saturated rings. The number of nitrogens with one attached hydrogen (secondary N) is 2. The number of anilines is 1. The second-order valence-corrected chi connectivity index (χ2v) is 4.43. The molecule has 0 bridgehead atoms. The third-order valence-electron chi connectivity index (χ3n) is 2.97. The SMILES string of the molecule is O=C(CN1CCNCC1)Nc1cccc(CO)c1. The standard InChI is InChI=1S/C13H19N3O2/c17-10-11-2-1-3-12(8-11)15-13(18)9-16-6-4-14-5-7-16/h1-3,8,14,17H,4-7,9-10H2,(H,15,18). The van der Waals surface area contributed by atoms with Crippen LogP contribution in [-0.2, 0) is 11.4 Å². The maximum Gasteiger partial charge on any atom is 0.238 e.